The van der Waals surface area contributed by atoms with Crippen LogP contribution in [0.15, 0.2) is 41.8 Å². The SMILES string of the molecule is Cn1nccc1-c1nc(CC2=C(O)CC(CCc3ccc(C(C)(C)C#N)c(F)c3)(C3CCCC3)OC2=O)[nH][n+]1C. The number of cyclic esters (lactones) is 1. The number of benzene rings is 1. The fourth-order valence-electron chi connectivity index (χ4n) is 6.17. The molecule has 3 aromatic rings. The summed E-state index contributed by atoms with van der Waals surface area (Å²) in [6.45, 7) is 3.38. The maximum absolute atomic E-state index is 14.9. The van der Waals surface area contributed by atoms with Crippen molar-refractivity contribution in [3.05, 3.63) is 64.6 Å². The zero-order valence-corrected chi connectivity index (χ0v) is 23.5. The third-order valence-electron chi connectivity index (χ3n) is 8.53. The van der Waals surface area contributed by atoms with Gasteiger partial charge in [-0.1, -0.05) is 25.0 Å². The number of nitrogens with one attached hydrogen (secondary N) is 1. The summed E-state index contributed by atoms with van der Waals surface area (Å²) in [5.41, 5.74) is 0.364. The van der Waals surface area contributed by atoms with Crippen LogP contribution in [-0.2, 0) is 41.9 Å². The van der Waals surface area contributed by atoms with Crippen molar-refractivity contribution >= 4 is 5.97 Å². The predicted molar refractivity (Wildman–Crippen MR) is 144 cm³/mol. The van der Waals surface area contributed by atoms with Crippen molar-refractivity contribution in [2.24, 2.45) is 20.0 Å². The number of aromatic nitrogens is 5. The van der Waals surface area contributed by atoms with Crippen molar-refractivity contribution in [3.8, 4) is 17.6 Å². The molecule has 1 aromatic carbocycles. The Kier molecular flexibility index (Phi) is 7.25. The average Bonchev–Trinajstić information content (AvgIpc) is 3.67. The minimum Gasteiger partial charge on any atom is -0.512 e. The predicted octanol–water partition coefficient (Wildman–Crippen LogP) is 4.44. The molecule has 2 aromatic heterocycles. The van der Waals surface area contributed by atoms with E-state index < -0.39 is 22.8 Å². The van der Waals surface area contributed by atoms with Crippen LogP contribution in [-0.4, -0.2) is 36.5 Å². The first-order valence-corrected chi connectivity index (χ1v) is 13.8. The highest BCUT2D eigenvalue weighted by atomic mass is 19.1. The molecule has 1 aliphatic carbocycles. The molecule has 1 atom stereocenters. The minimum absolute atomic E-state index is 0.0292. The second-order valence-corrected chi connectivity index (χ2v) is 11.7. The van der Waals surface area contributed by atoms with Crippen LogP contribution in [0.3, 0.4) is 0 Å². The molecule has 3 heterocycles. The maximum atomic E-state index is 14.9. The number of nitriles is 1. The van der Waals surface area contributed by atoms with Gasteiger partial charge in [0.2, 0.25) is 0 Å². The van der Waals surface area contributed by atoms with Gasteiger partial charge in [0.15, 0.2) is 5.69 Å². The van der Waals surface area contributed by atoms with Gasteiger partial charge >= 0.3 is 11.8 Å². The zero-order valence-electron chi connectivity index (χ0n) is 23.5. The second-order valence-electron chi connectivity index (χ2n) is 11.7. The summed E-state index contributed by atoms with van der Waals surface area (Å²) in [6.07, 6.45) is 6.92. The number of aryl methyl sites for hydroxylation is 3. The van der Waals surface area contributed by atoms with Gasteiger partial charge < -0.3 is 9.84 Å². The summed E-state index contributed by atoms with van der Waals surface area (Å²) < 4.78 is 24.6. The van der Waals surface area contributed by atoms with E-state index in [2.05, 4.69) is 21.3 Å². The van der Waals surface area contributed by atoms with Crippen LogP contribution in [0.4, 0.5) is 4.39 Å². The molecule has 10 heteroatoms. The van der Waals surface area contributed by atoms with Gasteiger partial charge in [-0.05, 0) is 68.1 Å². The third kappa shape index (κ3) is 5.12. The third-order valence-corrected chi connectivity index (χ3v) is 8.53. The number of esters is 1. The minimum atomic E-state index is -0.927. The van der Waals surface area contributed by atoms with E-state index in [4.69, 9.17) is 4.74 Å². The molecule has 40 heavy (non-hydrogen) atoms. The van der Waals surface area contributed by atoms with Crippen molar-refractivity contribution in [1.82, 2.24) is 19.9 Å². The van der Waals surface area contributed by atoms with E-state index in [9.17, 15) is 19.6 Å². The van der Waals surface area contributed by atoms with E-state index in [-0.39, 0.29) is 30.1 Å². The lowest BCUT2D eigenvalue weighted by Crippen LogP contribution is -2.46. The Balaban J connectivity index is 1.38. The number of hydrogen-bond acceptors (Lipinski definition) is 6. The average molecular weight is 548 g/mol. The smallest absolute Gasteiger partial charge is 0.369 e. The number of carbonyl (C=O) groups is 1. The fraction of sp³-hybridized carbons (Fsp3) is 0.500. The number of H-pyrrole nitrogens is 1. The molecule has 2 aliphatic rings. The molecule has 1 aliphatic heterocycles. The summed E-state index contributed by atoms with van der Waals surface area (Å²) in [5.74, 6) is 0.398. The van der Waals surface area contributed by atoms with E-state index in [0.717, 1.165) is 36.9 Å². The molecule has 0 saturated heterocycles. The van der Waals surface area contributed by atoms with Crippen molar-refractivity contribution in [1.29, 1.82) is 5.26 Å². The Hall–Kier alpha value is -4.00. The van der Waals surface area contributed by atoms with Gasteiger partial charge in [0.25, 0.3) is 5.82 Å². The number of nitrogens with zero attached hydrogens (tertiary/aromatic N) is 5. The summed E-state index contributed by atoms with van der Waals surface area (Å²) in [6, 6.07) is 8.98. The van der Waals surface area contributed by atoms with Crippen LogP contribution in [0.25, 0.3) is 11.5 Å². The molecule has 0 spiro atoms. The standard InChI is InChI=1S/C30H35FN6O3/c1-29(2,18-32)22-10-9-19(15-23(22)31)11-13-30(20-7-5-6-8-20)17-25(38)21(28(39)40-30)16-26-34-27(37(4)35-26)24-12-14-33-36(24)3/h9-10,12,14-15,20H,5-8,11,13,16-17H2,1-4H3,(H,38,39)/p+1. The first kappa shape index (κ1) is 27.6. The van der Waals surface area contributed by atoms with Gasteiger partial charge in [0.1, 0.15) is 24.2 Å². The summed E-state index contributed by atoms with van der Waals surface area (Å²) in [5, 5.41) is 28.0. The molecule has 0 bridgehead atoms. The van der Waals surface area contributed by atoms with Crippen molar-refractivity contribution in [2.45, 2.75) is 76.2 Å². The number of rotatable bonds is 8. The number of hydrogen-bond donors (Lipinski definition) is 2. The van der Waals surface area contributed by atoms with Gasteiger partial charge in [0.05, 0.1) is 23.5 Å². The topological polar surface area (TPSA) is 121 Å². The normalized spacial score (nSPS) is 20.1. The Morgan fingerprint density at radius 1 is 1.32 bits per heavy atom. The molecule has 1 unspecified atom stereocenters. The Bertz CT molecular complexity index is 1510. The number of aromatic amines is 1. The van der Waals surface area contributed by atoms with E-state index >= 15 is 0 Å². The van der Waals surface area contributed by atoms with Crippen LogP contribution in [0.2, 0.25) is 0 Å². The molecular weight excluding hydrogens is 511 g/mol. The van der Waals surface area contributed by atoms with Crippen molar-refractivity contribution in [3.63, 3.8) is 0 Å². The summed E-state index contributed by atoms with van der Waals surface area (Å²) in [4.78, 5) is 18.1. The van der Waals surface area contributed by atoms with Crippen LogP contribution >= 0.6 is 0 Å². The summed E-state index contributed by atoms with van der Waals surface area (Å²) in [7, 11) is 3.66. The van der Waals surface area contributed by atoms with Crippen molar-refractivity contribution in [2.75, 3.05) is 0 Å². The lowest BCUT2D eigenvalue weighted by Gasteiger charge is -2.41. The lowest BCUT2D eigenvalue weighted by molar-refractivity contribution is -0.718. The first-order chi connectivity index (χ1) is 19.0. The van der Waals surface area contributed by atoms with Crippen molar-refractivity contribution < 1.29 is 23.7 Å². The maximum Gasteiger partial charge on any atom is 0.369 e. The van der Waals surface area contributed by atoms with Crippen LogP contribution in [0.1, 0.15) is 69.3 Å². The number of ether oxygens (including phenoxy) is 1. The fourth-order valence-corrected chi connectivity index (χ4v) is 6.17. The zero-order chi connectivity index (χ0) is 28.7. The molecule has 5 rings (SSSR count). The quantitative estimate of drug-likeness (QED) is 0.318. The van der Waals surface area contributed by atoms with E-state index in [1.54, 1.807) is 35.5 Å². The highest BCUT2D eigenvalue weighted by Crippen LogP contribution is 2.46. The van der Waals surface area contributed by atoms with Gasteiger partial charge in [-0.15, -0.1) is 0 Å². The Labute approximate surface area is 233 Å². The number of halogens is 1. The largest absolute Gasteiger partial charge is 0.512 e. The molecular formula is C30H36FN6O3+. The van der Waals surface area contributed by atoms with E-state index in [0.29, 0.717) is 30.1 Å². The van der Waals surface area contributed by atoms with Gasteiger partial charge in [-0.25, -0.2) is 9.18 Å². The highest BCUT2D eigenvalue weighted by molar-refractivity contribution is 5.90. The first-order valence-electron chi connectivity index (χ1n) is 13.8. The van der Waals surface area contributed by atoms with Gasteiger partial charge in [-0.2, -0.15) is 20.1 Å². The van der Waals surface area contributed by atoms with Crippen LogP contribution in [0, 0.1) is 23.1 Å². The van der Waals surface area contributed by atoms with Crippen LogP contribution < -0.4 is 4.68 Å². The molecule has 0 amide bonds. The van der Waals surface area contributed by atoms with Gasteiger partial charge in [-0.3, -0.25) is 4.68 Å². The number of carbonyl (C=O) groups excluding carboxylic acids is 1. The molecule has 2 N–H and O–H groups in total. The van der Waals surface area contributed by atoms with Crippen LogP contribution in [0.5, 0.6) is 0 Å². The van der Waals surface area contributed by atoms with E-state index in [1.807, 2.05) is 26.2 Å². The Morgan fingerprint density at radius 3 is 2.70 bits per heavy atom. The molecule has 210 valence electrons. The van der Waals surface area contributed by atoms with Gasteiger partial charge in [0, 0.05) is 25.2 Å². The molecule has 1 fully saturated rings. The molecule has 0 radical (unpaired) electrons. The monoisotopic (exact) mass is 547 g/mol. The lowest BCUT2D eigenvalue weighted by atomic mass is 9.76. The molecule has 1 saturated carbocycles. The number of aliphatic hydroxyl groups is 1. The molecule has 9 nitrogen and oxygen atoms in total. The Morgan fingerprint density at radius 2 is 2.08 bits per heavy atom. The number of aliphatic hydroxyl groups excluding tert-OH is 1. The second kappa shape index (κ2) is 10.5. The summed E-state index contributed by atoms with van der Waals surface area (Å²) >= 11 is 0. The van der Waals surface area contributed by atoms with E-state index in [1.165, 1.54) is 6.07 Å². The highest BCUT2D eigenvalue weighted by Gasteiger charge is 2.48.